The first-order valence-corrected chi connectivity index (χ1v) is 9.81. The molecular formula is C20H23ClN4O2. The van der Waals surface area contributed by atoms with E-state index in [4.69, 9.17) is 21.3 Å². The molecule has 0 radical (unpaired) electrons. The summed E-state index contributed by atoms with van der Waals surface area (Å²) < 4.78 is 5.63. The topological polar surface area (TPSA) is 67.3 Å². The second kappa shape index (κ2) is 8.23. The Labute approximate surface area is 163 Å². The molecule has 1 aromatic carbocycles. The number of hydrogen-bond acceptors (Lipinski definition) is 5. The Morgan fingerprint density at radius 3 is 2.96 bits per heavy atom. The molecule has 7 heteroatoms. The van der Waals surface area contributed by atoms with Crippen molar-refractivity contribution in [2.24, 2.45) is 0 Å². The first-order chi connectivity index (χ1) is 13.2. The van der Waals surface area contributed by atoms with Crippen LogP contribution < -0.4 is 10.1 Å². The molecule has 1 fully saturated rings. The van der Waals surface area contributed by atoms with Crippen molar-refractivity contribution in [2.75, 3.05) is 19.7 Å². The normalized spacial score (nSPS) is 19.0. The number of benzene rings is 1. The molecule has 0 bridgehead atoms. The van der Waals surface area contributed by atoms with Gasteiger partial charge in [0.15, 0.2) is 0 Å². The lowest BCUT2D eigenvalue weighted by molar-refractivity contribution is -0.132. The summed E-state index contributed by atoms with van der Waals surface area (Å²) in [5.41, 5.74) is 2.13. The zero-order chi connectivity index (χ0) is 18.6. The number of nitrogens with one attached hydrogen (secondary N) is 1. The van der Waals surface area contributed by atoms with Gasteiger partial charge in [-0.05, 0) is 43.7 Å². The second-order valence-electron chi connectivity index (χ2n) is 6.97. The molecule has 4 rings (SSSR count). The number of hydrogen-bond donors (Lipinski definition) is 1. The van der Waals surface area contributed by atoms with Gasteiger partial charge in [0.25, 0.3) is 0 Å². The third-order valence-electron chi connectivity index (χ3n) is 5.08. The van der Waals surface area contributed by atoms with Crippen molar-refractivity contribution in [2.45, 2.75) is 38.3 Å². The van der Waals surface area contributed by atoms with Crippen LogP contribution in [0.1, 0.15) is 42.4 Å². The summed E-state index contributed by atoms with van der Waals surface area (Å²) in [6, 6.07) is 7.43. The molecular weight excluding hydrogens is 364 g/mol. The van der Waals surface area contributed by atoms with Gasteiger partial charge < -0.3 is 15.0 Å². The van der Waals surface area contributed by atoms with Gasteiger partial charge >= 0.3 is 0 Å². The Kier molecular flexibility index (Phi) is 5.55. The minimum absolute atomic E-state index is 0.0937. The minimum Gasteiger partial charge on any atom is -0.493 e. The fourth-order valence-corrected chi connectivity index (χ4v) is 3.69. The Bertz CT molecular complexity index is 806. The molecule has 1 aromatic heterocycles. The van der Waals surface area contributed by atoms with Gasteiger partial charge in [0.2, 0.25) is 5.91 Å². The number of carbonyl (C=O) groups excluding carboxylic acids is 1. The third-order valence-corrected chi connectivity index (χ3v) is 5.33. The number of halogens is 1. The van der Waals surface area contributed by atoms with Crippen LogP contribution in [0.25, 0.3) is 0 Å². The maximum atomic E-state index is 12.5. The number of fused-ring (bicyclic) bond motifs is 1. The van der Waals surface area contributed by atoms with Crippen LogP contribution in [0.2, 0.25) is 5.02 Å². The maximum absolute atomic E-state index is 12.5. The van der Waals surface area contributed by atoms with Crippen molar-refractivity contribution in [3.05, 3.63) is 52.6 Å². The lowest BCUT2D eigenvalue weighted by Gasteiger charge is -2.28. The van der Waals surface area contributed by atoms with Crippen LogP contribution in [0.15, 0.2) is 30.5 Å². The van der Waals surface area contributed by atoms with Crippen LogP contribution in [0.4, 0.5) is 0 Å². The summed E-state index contributed by atoms with van der Waals surface area (Å²) in [6.45, 7) is 2.66. The van der Waals surface area contributed by atoms with Crippen LogP contribution in [0.3, 0.4) is 0 Å². The van der Waals surface area contributed by atoms with E-state index in [1.165, 1.54) is 6.42 Å². The van der Waals surface area contributed by atoms with E-state index in [0.717, 1.165) is 42.2 Å². The van der Waals surface area contributed by atoms with Crippen molar-refractivity contribution in [3.8, 4) is 5.75 Å². The Hall–Kier alpha value is -2.18. The predicted octanol–water partition coefficient (Wildman–Crippen LogP) is 2.91. The quantitative estimate of drug-likeness (QED) is 0.855. The number of carbonyl (C=O) groups is 1. The summed E-state index contributed by atoms with van der Waals surface area (Å²) in [5, 5.41) is 4.10. The largest absolute Gasteiger partial charge is 0.493 e. The molecule has 142 valence electrons. The van der Waals surface area contributed by atoms with Crippen molar-refractivity contribution < 1.29 is 9.53 Å². The monoisotopic (exact) mass is 386 g/mol. The van der Waals surface area contributed by atoms with Crippen LogP contribution in [0, 0.1) is 0 Å². The summed E-state index contributed by atoms with van der Waals surface area (Å²) in [7, 11) is 0. The first kappa shape index (κ1) is 18.2. The van der Waals surface area contributed by atoms with Gasteiger partial charge in [-0.25, -0.2) is 9.97 Å². The minimum atomic E-state index is 0.0937. The van der Waals surface area contributed by atoms with E-state index < -0.39 is 0 Å². The summed E-state index contributed by atoms with van der Waals surface area (Å²) in [6.07, 6.45) is 5.29. The molecule has 0 spiro atoms. The molecule has 2 aliphatic rings. The van der Waals surface area contributed by atoms with Gasteiger partial charge in [0.05, 0.1) is 24.8 Å². The van der Waals surface area contributed by atoms with Crippen LogP contribution >= 0.6 is 11.6 Å². The van der Waals surface area contributed by atoms with Gasteiger partial charge in [-0.1, -0.05) is 11.6 Å². The zero-order valence-corrected chi connectivity index (χ0v) is 15.9. The van der Waals surface area contributed by atoms with Crippen molar-refractivity contribution in [3.63, 3.8) is 0 Å². The molecule has 2 aliphatic heterocycles. The zero-order valence-electron chi connectivity index (χ0n) is 15.2. The summed E-state index contributed by atoms with van der Waals surface area (Å²) >= 11 is 5.86. The predicted molar refractivity (Wildman–Crippen MR) is 103 cm³/mol. The van der Waals surface area contributed by atoms with Gasteiger partial charge in [-0.15, -0.1) is 0 Å². The second-order valence-corrected chi connectivity index (χ2v) is 7.40. The number of amides is 1. The molecule has 3 heterocycles. The molecule has 1 atom stereocenters. The highest BCUT2D eigenvalue weighted by Gasteiger charge is 2.25. The fourth-order valence-electron chi connectivity index (χ4n) is 3.56. The lowest BCUT2D eigenvalue weighted by atomic mass is 10.1. The Morgan fingerprint density at radius 2 is 2.19 bits per heavy atom. The number of aromatic nitrogens is 2. The average molecular weight is 387 g/mol. The third kappa shape index (κ3) is 4.39. The van der Waals surface area contributed by atoms with E-state index in [1.54, 1.807) is 24.3 Å². The van der Waals surface area contributed by atoms with Crippen molar-refractivity contribution in [1.29, 1.82) is 0 Å². The Morgan fingerprint density at radius 1 is 1.33 bits per heavy atom. The van der Waals surface area contributed by atoms with E-state index in [-0.39, 0.29) is 11.9 Å². The number of rotatable bonds is 5. The van der Waals surface area contributed by atoms with E-state index in [1.807, 2.05) is 11.1 Å². The van der Waals surface area contributed by atoms with E-state index in [0.29, 0.717) is 31.1 Å². The van der Waals surface area contributed by atoms with Gasteiger partial charge in [-0.2, -0.15) is 0 Å². The molecule has 1 amide bonds. The highest BCUT2D eigenvalue weighted by Crippen LogP contribution is 2.23. The summed E-state index contributed by atoms with van der Waals surface area (Å²) in [4.78, 5) is 23.6. The standard InChI is InChI=1S/C20H23ClN4O2/c21-15-3-5-16(6-4-15)27-11-8-19(26)25-10-7-17-14(13-25)12-23-20(24-17)18-2-1-9-22-18/h3-6,12,18,22H,1-2,7-11,13H2/t18-/m0/s1. The lowest BCUT2D eigenvalue weighted by Crippen LogP contribution is -2.37. The van der Waals surface area contributed by atoms with Crippen LogP contribution in [0.5, 0.6) is 5.75 Å². The van der Waals surface area contributed by atoms with Crippen LogP contribution in [-0.2, 0) is 17.8 Å². The summed E-state index contributed by atoms with van der Waals surface area (Å²) in [5.74, 6) is 1.70. The maximum Gasteiger partial charge on any atom is 0.226 e. The molecule has 1 saturated heterocycles. The first-order valence-electron chi connectivity index (χ1n) is 9.43. The highest BCUT2D eigenvalue weighted by molar-refractivity contribution is 6.30. The van der Waals surface area contributed by atoms with Crippen LogP contribution in [-0.4, -0.2) is 40.5 Å². The Balaban J connectivity index is 1.30. The highest BCUT2D eigenvalue weighted by atomic mass is 35.5. The van der Waals surface area contributed by atoms with Gasteiger partial charge in [0.1, 0.15) is 11.6 Å². The van der Waals surface area contributed by atoms with Gasteiger partial charge in [0, 0.05) is 36.3 Å². The van der Waals surface area contributed by atoms with E-state index >= 15 is 0 Å². The molecule has 2 aromatic rings. The average Bonchev–Trinajstić information content (AvgIpc) is 3.23. The van der Waals surface area contributed by atoms with Crippen molar-refractivity contribution in [1.82, 2.24) is 20.2 Å². The SMILES string of the molecule is O=C(CCOc1ccc(Cl)cc1)N1CCc2nc([C@@H]3CCCN3)ncc2C1. The van der Waals surface area contributed by atoms with E-state index in [2.05, 4.69) is 10.3 Å². The molecule has 27 heavy (non-hydrogen) atoms. The molecule has 0 saturated carbocycles. The number of ether oxygens (including phenoxy) is 1. The van der Waals surface area contributed by atoms with E-state index in [9.17, 15) is 4.79 Å². The number of nitrogens with zero attached hydrogens (tertiary/aromatic N) is 3. The molecule has 6 nitrogen and oxygen atoms in total. The van der Waals surface area contributed by atoms with Gasteiger partial charge in [-0.3, -0.25) is 4.79 Å². The smallest absolute Gasteiger partial charge is 0.226 e. The fraction of sp³-hybridized carbons (Fsp3) is 0.450. The molecule has 1 N–H and O–H groups in total. The molecule has 0 unspecified atom stereocenters. The van der Waals surface area contributed by atoms with Crippen molar-refractivity contribution >= 4 is 17.5 Å². The molecule has 0 aliphatic carbocycles.